The minimum atomic E-state index is 0.356. The quantitative estimate of drug-likeness (QED) is 0.281. The van der Waals surface area contributed by atoms with Gasteiger partial charge in [-0.2, -0.15) is 0 Å². The van der Waals surface area contributed by atoms with Gasteiger partial charge in [0.05, 0.1) is 6.61 Å². The lowest BCUT2D eigenvalue weighted by atomic mass is 10.1. The molecule has 0 aliphatic carbocycles. The van der Waals surface area contributed by atoms with Crippen LogP contribution in [0.25, 0.3) is 0 Å². The van der Waals surface area contributed by atoms with Gasteiger partial charge >= 0.3 is 0 Å². The van der Waals surface area contributed by atoms with Crippen LogP contribution in [-0.4, -0.2) is 11.7 Å². The molecule has 184 valence electrons. The first-order valence-electron chi connectivity index (χ1n) is 12.7. The molecule has 1 N–H and O–H groups in total. The molecular formula is C33H40O2. The smallest absolute Gasteiger partial charge is 0.119 e. The van der Waals surface area contributed by atoms with E-state index in [4.69, 9.17) is 9.84 Å². The molecule has 0 aromatic heterocycles. The highest BCUT2D eigenvalue weighted by Crippen LogP contribution is 2.14. The highest BCUT2D eigenvalue weighted by molar-refractivity contribution is 5.28. The third-order valence-electron chi connectivity index (χ3n) is 5.51. The van der Waals surface area contributed by atoms with E-state index in [9.17, 15) is 0 Å². The van der Waals surface area contributed by atoms with E-state index in [-0.39, 0.29) is 0 Å². The molecule has 2 nitrogen and oxygen atoms in total. The first-order chi connectivity index (χ1) is 17.1. The van der Waals surface area contributed by atoms with E-state index < -0.39 is 0 Å². The van der Waals surface area contributed by atoms with Gasteiger partial charge in [0.1, 0.15) is 11.5 Å². The number of benzene rings is 4. The van der Waals surface area contributed by atoms with Crippen LogP contribution in [0.15, 0.2) is 109 Å². The maximum absolute atomic E-state index is 8.94. The number of aromatic hydroxyl groups is 1. The molecule has 0 aliphatic rings. The molecule has 0 heterocycles. The fourth-order valence-corrected chi connectivity index (χ4v) is 3.50. The van der Waals surface area contributed by atoms with E-state index in [0.29, 0.717) is 5.75 Å². The molecule has 2 heteroatoms. The van der Waals surface area contributed by atoms with E-state index in [2.05, 4.69) is 93.6 Å². The molecule has 0 saturated carbocycles. The Balaban J connectivity index is 0.000000203. The van der Waals surface area contributed by atoms with E-state index in [1.54, 1.807) is 12.1 Å². The summed E-state index contributed by atoms with van der Waals surface area (Å²) in [5.41, 5.74) is 5.26. The first kappa shape index (κ1) is 27.7. The van der Waals surface area contributed by atoms with Crippen molar-refractivity contribution in [1.29, 1.82) is 0 Å². The Hall–Kier alpha value is -3.52. The van der Waals surface area contributed by atoms with Crippen LogP contribution in [0.5, 0.6) is 11.5 Å². The van der Waals surface area contributed by atoms with Gasteiger partial charge in [-0.25, -0.2) is 0 Å². The topological polar surface area (TPSA) is 29.5 Å². The monoisotopic (exact) mass is 468 g/mol. The number of rotatable bonds is 8. The Morgan fingerprint density at radius 3 is 1.57 bits per heavy atom. The molecule has 0 aliphatic heterocycles. The van der Waals surface area contributed by atoms with Crippen molar-refractivity contribution in [3.63, 3.8) is 0 Å². The summed E-state index contributed by atoms with van der Waals surface area (Å²) in [6.45, 7) is 7.15. The van der Waals surface area contributed by atoms with E-state index in [1.807, 2.05) is 24.3 Å². The lowest BCUT2D eigenvalue weighted by Gasteiger charge is -2.07. The fraction of sp³-hybridized carbons (Fsp3) is 0.273. The van der Waals surface area contributed by atoms with E-state index in [1.165, 1.54) is 35.1 Å². The van der Waals surface area contributed by atoms with Gasteiger partial charge in [-0.1, -0.05) is 112 Å². The highest BCUT2D eigenvalue weighted by atomic mass is 16.5. The zero-order valence-corrected chi connectivity index (χ0v) is 21.5. The predicted octanol–water partition coefficient (Wildman–Crippen LogP) is 8.46. The third kappa shape index (κ3) is 12.0. The normalized spacial score (nSPS) is 9.80. The second kappa shape index (κ2) is 17.0. The summed E-state index contributed by atoms with van der Waals surface area (Å²) in [6, 6.07) is 36.6. The average molecular weight is 469 g/mol. The van der Waals surface area contributed by atoms with Crippen LogP contribution in [0, 0.1) is 0 Å². The van der Waals surface area contributed by atoms with Crippen LogP contribution in [0.1, 0.15) is 49.4 Å². The van der Waals surface area contributed by atoms with Crippen molar-refractivity contribution < 1.29 is 9.84 Å². The van der Waals surface area contributed by atoms with Gasteiger partial charge < -0.3 is 9.84 Å². The van der Waals surface area contributed by atoms with Crippen molar-refractivity contribution in [2.24, 2.45) is 0 Å². The summed E-state index contributed by atoms with van der Waals surface area (Å²) in [7, 11) is 0. The molecule has 4 aromatic carbocycles. The molecule has 0 atom stereocenters. The standard InChI is InChI=1S/C16H18O.C9H12.C8H10O/c1-2-14-9-6-10-16(13-14)17-12-11-15-7-4-3-5-8-15;1-2-6-9-7-4-3-5-8-9;1-2-7-4-3-5-8(9)6-7/h3-10,13H,2,11-12H2,1H3;3-5,7-8H,2,6H2,1H3;3-6,9H,2H2,1H3. The Morgan fingerprint density at radius 2 is 1.06 bits per heavy atom. The Morgan fingerprint density at radius 1 is 0.543 bits per heavy atom. The van der Waals surface area contributed by atoms with Crippen molar-refractivity contribution in [2.75, 3.05) is 6.61 Å². The number of hydrogen-bond acceptors (Lipinski definition) is 2. The molecule has 0 saturated heterocycles. The zero-order valence-electron chi connectivity index (χ0n) is 21.5. The molecule has 0 amide bonds. The van der Waals surface area contributed by atoms with Gasteiger partial charge in [-0.05, 0) is 65.8 Å². The molecule has 0 fully saturated rings. The van der Waals surface area contributed by atoms with Gasteiger partial charge in [-0.3, -0.25) is 0 Å². The lowest BCUT2D eigenvalue weighted by molar-refractivity contribution is 0.321. The van der Waals surface area contributed by atoms with Crippen LogP contribution in [-0.2, 0) is 25.7 Å². The average Bonchev–Trinajstić information content (AvgIpc) is 2.91. The van der Waals surface area contributed by atoms with Crippen LogP contribution >= 0.6 is 0 Å². The van der Waals surface area contributed by atoms with E-state index in [0.717, 1.165) is 31.6 Å². The van der Waals surface area contributed by atoms with Crippen molar-refractivity contribution in [3.05, 3.63) is 131 Å². The number of phenols is 1. The van der Waals surface area contributed by atoms with Gasteiger partial charge in [-0.15, -0.1) is 0 Å². The van der Waals surface area contributed by atoms with Crippen molar-refractivity contribution >= 4 is 0 Å². The number of aryl methyl sites for hydroxylation is 3. The number of ether oxygens (including phenoxy) is 1. The second-order valence-electron chi connectivity index (χ2n) is 8.34. The summed E-state index contributed by atoms with van der Waals surface area (Å²) in [5, 5.41) is 8.94. The molecule has 0 spiro atoms. The maximum Gasteiger partial charge on any atom is 0.119 e. The maximum atomic E-state index is 8.94. The first-order valence-corrected chi connectivity index (χ1v) is 12.7. The number of hydrogen-bond donors (Lipinski definition) is 1. The van der Waals surface area contributed by atoms with Gasteiger partial charge in [0.2, 0.25) is 0 Å². The molecular weight excluding hydrogens is 428 g/mol. The SMILES string of the molecule is CCCc1ccccc1.CCc1cccc(O)c1.CCc1cccc(OCCc2ccccc2)c1. The highest BCUT2D eigenvalue weighted by Gasteiger charge is 1.96. The summed E-state index contributed by atoms with van der Waals surface area (Å²) in [6.07, 6.45) is 5.44. The van der Waals surface area contributed by atoms with Crippen LogP contribution < -0.4 is 4.74 Å². The minimum absolute atomic E-state index is 0.356. The molecule has 4 aromatic rings. The van der Waals surface area contributed by atoms with Crippen LogP contribution in [0.2, 0.25) is 0 Å². The number of phenolic OH excluding ortho intramolecular Hbond substituents is 1. The second-order valence-corrected chi connectivity index (χ2v) is 8.34. The van der Waals surface area contributed by atoms with Crippen LogP contribution in [0.3, 0.4) is 0 Å². The van der Waals surface area contributed by atoms with Gasteiger partial charge in [0.15, 0.2) is 0 Å². The van der Waals surface area contributed by atoms with Gasteiger partial charge in [0, 0.05) is 6.42 Å². The lowest BCUT2D eigenvalue weighted by Crippen LogP contribution is -2.01. The molecule has 4 rings (SSSR count). The predicted molar refractivity (Wildman–Crippen MR) is 149 cm³/mol. The molecule has 35 heavy (non-hydrogen) atoms. The minimum Gasteiger partial charge on any atom is -0.508 e. The third-order valence-corrected chi connectivity index (χ3v) is 5.51. The van der Waals surface area contributed by atoms with E-state index >= 15 is 0 Å². The summed E-state index contributed by atoms with van der Waals surface area (Å²) >= 11 is 0. The fourth-order valence-electron chi connectivity index (χ4n) is 3.50. The van der Waals surface area contributed by atoms with Crippen molar-refractivity contribution in [1.82, 2.24) is 0 Å². The largest absolute Gasteiger partial charge is 0.508 e. The summed E-state index contributed by atoms with van der Waals surface area (Å²) < 4.78 is 5.75. The zero-order chi connectivity index (χ0) is 25.1. The molecule has 0 radical (unpaired) electrons. The van der Waals surface area contributed by atoms with Gasteiger partial charge in [0.25, 0.3) is 0 Å². The van der Waals surface area contributed by atoms with Crippen LogP contribution in [0.4, 0.5) is 0 Å². The Bertz CT molecular complexity index is 1060. The molecule has 0 unspecified atom stereocenters. The molecule has 0 bridgehead atoms. The Labute approximate surface area is 212 Å². The van der Waals surface area contributed by atoms with Crippen molar-refractivity contribution in [3.8, 4) is 11.5 Å². The van der Waals surface area contributed by atoms with Crippen molar-refractivity contribution in [2.45, 2.75) is 52.9 Å². The summed E-state index contributed by atoms with van der Waals surface area (Å²) in [4.78, 5) is 0. The Kier molecular flexibility index (Phi) is 13.5. The summed E-state index contributed by atoms with van der Waals surface area (Å²) in [5.74, 6) is 1.33.